The monoisotopic (exact) mass is 348 g/mol. The number of amides is 1. The molecule has 0 aromatic heterocycles. The summed E-state index contributed by atoms with van der Waals surface area (Å²) in [5, 5.41) is 2.93. The first kappa shape index (κ1) is 15.4. The third-order valence-electron chi connectivity index (χ3n) is 3.25. The molecule has 1 atom stereocenters. The van der Waals surface area contributed by atoms with Gasteiger partial charge in [-0.15, -0.1) is 0 Å². The maximum atomic E-state index is 12.3. The number of anilines is 1. The van der Waals surface area contributed by atoms with E-state index in [-0.39, 0.29) is 11.9 Å². The summed E-state index contributed by atoms with van der Waals surface area (Å²) >= 11 is 3.39. The SMILES string of the molecule is COc1cccc(C(=O)N[C@@H](C)c2ccc(Br)cc2)c1N. The lowest BCUT2D eigenvalue weighted by molar-refractivity contribution is 0.0940. The van der Waals surface area contributed by atoms with E-state index in [0.29, 0.717) is 17.0 Å². The van der Waals surface area contributed by atoms with Gasteiger partial charge >= 0.3 is 0 Å². The summed E-state index contributed by atoms with van der Waals surface area (Å²) in [4.78, 5) is 12.3. The number of carbonyl (C=O) groups is 1. The molecule has 1 amide bonds. The predicted octanol–water partition coefficient (Wildman–Crippen LogP) is 3.53. The molecule has 0 aliphatic carbocycles. The molecule has 2 aromatic carbocycles. The maximum absolute atomic E-state index is 12.3. The van der Waals surface area contributed by atoms with Crippen LogP contribution in [0.25, 0.3) is 0 Å². The van der Waals surface area contributed by atoms with Crippen molar-refractivity contribution in [2.24, 2.45) is 0 Å². The van der Waals surface area contributed by atoms with Crippen molar-refractivity contribution in [1.29, 1.82) is 0 Å². The van der Waals surface area contributed by atoms with E-state index in [0.717, 1.165) is 10.0 Å². The molecule has 110 valence electrons. The van der Waals surface area contributed by atoms with Gasteiger partial charge in [-0.05, 0) is 36.8 Å². The van der Waals surface area contributed by atoms with Crippen LogP contribution in [0.3, 0.4) is 0 Å². The van der Waals surface area contributed by atoms with Crippen LogP contribution in [0, 0.1) is 0 Å². The van der Waals surface area contributed by atoms with Crippen molar-refractivity contribution in [3.05, 3.63) is 58.1 Å². The summed E-state index contributed by atoms with van der Waals surface area (Å²) in [7, 11) is 1.53. The average Bonchev–Trinajstić information content (AvgIpc) is 2.48. The minimum absolute atomic E-state index is 0.115. The van der Waals surface area contributed by atoms with Crippen molar-refractivity contribution in [2.45, 2.75) is 13.0 Å². The van der Waals surface area contributed by atoms with Crippen molar-refractivity contribution in [2.75, 3.05) is 12.8 Å². The number of benzene rings is 2. The van der Waals surface area contributed by atoms with Crippen molar-refractivity contribution in [3.8, 4) is 5.75 Å². The number of carbonyl (C=O) groups excluding carboxylic acids is 1. The van der Waals surface area contributed by atoms with Crippen LogP contribution in [0.1, 0.15) is 28.9 Å². The molecule has 0 unspecified atom stereocenters. The lowest BCUT2D eigenvalue weighted by Crippen LogP contribution is -2.27. The molecule has 0 heterocycles. The normalized spacial score (nSPS) is 11.8. The van der Waals surface area contributed by atoms with Crippen molar-refractivity contribution in [3.63, 3.8) is 0 Å². The minimum atomic E-state index is -0.221. The highest BCUT2D eigenvalue weighted by Crippen LogP contribution is 2.25. The number of nitrogens with two attached hydrogens (primary N) is 1. The second-order valence-electron chi connectivity index (χ2n) is 4.67. The number of nitrogen functional groups attached to an aromatic ring is 1. The van der Waals surface area contributed by atoms with Crippen LogP contribution in [0.5, 0.6) is 5.75 Å². The molecular weight excluding hydrogens is 332 g/mol. The Hall–Kier alpha value is -2.01. The van der Waals surface area contributed by atoms with Crippen LogP contribution in [0.15, 0.2) is 46.9 Å². The summed E-state index contributed by atoms with van der Waals surface area (Å²) in [5.41, 5.74) is 7.72. The number of para-hydroxylation sites is 1. The fourth-order valence-corrected chi connectivity index (χ4v) is 2.29. The van der Waals surface area contributed by atoms with Gasteiger partial charge in [0, 0.05) is 4.47 Å². The summed E-state index contributed by atoms with van der Waals surface area (Å²) < 4.78 is 6.13. The molecule has 4 nitrogen and oxygen atoms in total. The van der Waals surface area contributed by atoms with Gasteiger partial charge in [-0.1, -0.05) is 34.1 Å². The molecule has 0 aliphatic heterocycles. The molecule has 5 heteroatoms. The molecule has 21 heavy (non-hydrogen) atoms. The number of nitrogens with one attached hydrogen (secondary N) is 1. The molecule has 3 N–H and O–H groups in total. The fourth-order valence-electron chi connectivity index (χ4n) is 2.03. The highest BCUT2D eigenvalue weighted by molar-refractivity contribution is 9.10. The predicted molar refractivity (Wildman–Crippen MR) is 87.4 cm³/mol. The van der Waals surface area contributed by atoms with Crippen LogP contribution in [0.2, 0.25) is 0 Å². The molecule has 0 saturated carbocycles. The lowest BCUT2D eigenvalue weighted by atomic mass is 10.1. The quantitative estimate of drug-likeness (QED) is 0.830. The molecule has 0 spiro atoms. The molecule has 0 bridgehead atoms. The standard InChI is InChI=1S/C16H17BrN2O2/c1-10(11-6-8-12(17)9-7-11)19-16(20)13-4-3-5-14(21-2)15(13)18/h3-10H,18H2,1-2H3,(H,19,20)/t10-/m0/s1. The summed E-state index contributed by atoms with van der Waals surface area (Å²) in [6.07, 6.45) is 0. The number of halogens is 1. The Morgan fingerprint density at radius 2 is 1.90 bits per heavy atom. The molecule has 2 rings (SSSR count). The molecule has 2 aromatic rings. The van der Waals surface area contributed by atoms with Crippen molar-refractivity contribution in [1.82, 2.24) is 5.32 Å². The third-order valence-corrected chi connectivity index (χ3v) is 3.78. The van der Waals surface area contributed by atoms with E-state index in [4.69, 9.17) is 10.5 Å². The number of methoxy groups -OCH3 is 1. The van der Waals surface area contributed by atoms with E-state index < -0.39 is 0 Å². The maximum Gasteiger partial charge on any atom is 0.253 e. The summed E-state index contributed by atoms with van der Waals surface area (Å²) in [5.74, 6) is 0.278. The lowest BCUT2D eigenvalue weighted by Gasteiger charge is -2.16. The van der Waals surface area contributed by atoms with Gasteiger partial charge < -0.3 is 15.8 Å². The van der Waals surface area contributed by atoms with Gasteiger partial charge in [0.1, 0.15) is 5.75 Å². The zero-order valence-electron chi connectivity index (χ0n) is 11.9. The smallest absolute Gasteiger partial charge is 0.253 e. The third kappa shape index (κ3) is 3.55. The first-order valence-electron chi connectivity index (χ1n) is 6.51. The molecular formula is C16H17BrN2O2. The Balaban J connectivity index is 2.16. The van der Waals surface area contributed by atoms with Gasteiger partial charge in [0.15, 0.2) is 0 Å². The van der Waals surface area contributed by atoms with E-state index in [1.807, 2.05) is 31.2 Å². The Kier molecular flexibility index (Phi) is 4.85. The van der Waals surface area contributed by atoms with Crippen LogP contribution >= 0.6 is 15.9 Å². The second kappa shape index (κ2) is 6.63. The van der Waals surface area contributed by atoms with Gasteiger partial charge in [-0.2, -0.15) is 0 Å². The molecule has 0 aliphatic rings. The Morgan fingerprint density at radius 3 is 2.52 bits per heavy atom. The molecule has 0 saturated heterocycles. The van der Waals surface area contributed by atoms with Gasteiger partial charge in [-0.25, -0.2) is 0 Å². The topological polar surface area (TPSA) is 64.3 Å². The first-order valence-corrected chi connectivity index (χ1v) is 7.31. The number of ether oxygens (including phenoxy) is 1. The van der Waals surface area contributed by atoms with E-state index in [1.54, 1.807) is 18.2 Å². The molecule has 0 radical (unpaired) electrons. The van der Waals surface area contributed by atoms with Crippen molar-refractivity contribution < 1.29 is 9.53 Å². The summed E-state index contributed by atoms with van der Waals surface area (Å²) in [6.45, 7) is 1.93. The highest BCUT2D eigenvalue weighted by atomic mass is 79.9. The van der Waals surface area contributed by atoms with E-state index >= 15 is 0 Å². The fraction of sp³-hybridized carbons (Fsp3) is 0.188. The van der Waals surface area contributed by atoms with Gasteiger partial charge in [-0.3, -0.25) is 4.79 Å². The second-order valence-corrected chi connectivity index (χ2v) is 5.58. The zero-order valence-corrected chi connectivity index (χ0v) is 13.5. The van der Waals surface area contributed by atoms with E-state index in [1.165, 1.54) is 7.11 Å². The summed E-state index contributed by atoms with van der Waals surface area (Å²) in [6, 6.07) is 12.8. The van der Waals surface area contributed by atoms with Crippen LogP contribution in [-0.4, -0.2) is 13.0 Å². The largest absolute Gasteiger partial charge is 0.495 e. The Bertz CT molecular complexity index is 641. The number of hydrogen-bond donors (Lipinski definition) is 2. The Labute approximate surface area is 132 Å². The van der Waals surface area contributed by atoms with E-state index in [9.17, 15) is 4.79 Å². The van der Waals surface area contributed by atoms with Crippen molar-refractivity contribution >= 4 is 27.5 Å². The first-order chi connectivity index (χ1) is 10.0. The van der Waals surface area contributed by atoms with Gasteiger partial charge in [0.25, 0.3) is 5.91 Å². The highest BCUT2D eigenvalue weighted by Gasteiger charge is 2.15. The molecule has 0 fully saturated rings. The van der Waals surface area contributed by atoms with Crippen LogP contribution < -0.4 is 15.8 Å². The average molecular weight is 349 g/mol. The number of hydrogen-bond acceptors (Lipinski definition) is 3. The van der Waals surface area contributed by atoms with Gasteiger partial charge in [0.05, 0.1) is 24.4 Å². The minimum Gasteiger partial charge on any atom is -0.495 e. The van der Waals surface area contributed by atoms with Gasteiger partial charge in [0.2, 0.25) is 0 Å². The zero-order chi connectivity index (χ0) is 15.4. The van der Waals surface area contributed by atoms with Crippen LogP contribution in [0.4, 0.5) is 5.69 Å². The Morgan fingerprint density at radius 1 is 1.24 bits per heavy atom. The number of rotatable bonds is 4. The van der Waals surface area contributed by atoms with Crippen LogP contribution in [-0.2, 0) is 0 Å². The van der Waals surface area contributed by atoms with E-state index in [2.05, 4.69) is 21.2 Å².